The molecule has 0 N–H and O–H groups in total. The Labute approximate surface area is 130 Å². The fourth-order valence-corrected chi connectivity index (χ4v) is 1.93. The van der Waals surface area contributed by atoms with Gasteiger partial charge < -0.3 is 4.74 Å². The smallest absolute Gasteiger partial charge is 0.123 e. The number of allylic oxidation sites excluding steroid dienone is 1. The van der Waals surface area contributed by atoms with E-state index in [0.717, 1.165) is 11.3 Å². The highest BCUT2D eigenvalue weighted by Crippen LogP contribution is 2.20. The number of nitrogens with zero attached hydrogens (tertiary/aromatic N) is 1. The zero-order valence-corrected chi connectivity index (χ0v) is 12.7. The molecule has 0 fully saturated rings. The molecule has 0 saturated heterocycles. The van der Waals surface area contributed by atoms with Crippen molar-refractivity contribution in [3.63, 3.8) is 0 Å². The first-order valence-corrected chi connectivity index (χ1v) is 7.19. The van der Waals surface area contributed by atoms with E-state index in [0.29, 0.717) is 23.7 Å². The molecule has 0 saturated carbocycles. The number of benzene rings is 2. The Kier molecular flexibility index (Phi) is 5.32. The molecule has 0 bridgehead atoms. The fraction of sp³-hybridized carbons (Fsp3) is 0.211. The van der Waals surface area contributed by atoms with Crippen LogP contribution < -0.4 is 4.74 Å². The molecule has 0 radical (unpaired) electrons. The van der Waals surface area contributed by atoms with Crippen LogP contribution in [0.5, 0.6) is 5.75 Å². The van der Waals surface area contributed by atoms with Gasteiger partial charge >= 0.3 is 0 Å². The monoisotopic (exact) mass is 295 g/mol. The van der Waals surface area contributed by atoms with Crippen molar-refractivity contribution in [2.24, 2.45) is 5.92 Å². The Bertz CT molecular complexity index is 696. The predicted octanol–water partition coefficient (Wildman–Crippen LogP) is 4.92. The third-order valence-corrected chi connectivity index (χ3v) is 3.03. The molecule has 0 aliphatic heterocycles. The van der Waals surface area contributed by atoms with E-state index in [9.17, 15) is 9.65 Å². The Balaban J connectivity index is 2.18. The second-order valence-corrected chi connectivity index (χ2v) is 5.45. The number of hydrogen-bond acceptors (Lipinski definition) is 2. The molecule has 22 heavy (non-hydrogen) atoms. The Morgan fingerprint density at radius 3 is 2.55 bits per heavy atom. The fourth-order valence-electron chi connectivity index (χ4n) is 1.93. The van der Waals surface area contributed by atoms with Crippen LogP contribution >= 0.6 is 0 Å². The van der Waals surface area contributed by atoms with Gasteiger partial charge in [0.25, 0.3) is 0 Å². The highest BCUT2D eigenvalue weighted by Gasteiger charge is 2.03. The Hall–Kier alpha value is -2.60. The van der Waals surface area contributed by atoms with Crippen LogP contribution in [-0.4, -0.2) is 6.61 Å². The normalized spacial score (nSPS) is 11.3. The number of hydrogen-bond donors (Lipinski definition) is 0. The molecule has 0 unspecified atom stereocenters. The van der Waals surface area contributed by atoms with Gasteiger partial charge in [0.1, 0.15) is 11.6 Å². The van der Waals surface area contributed by atoms with Crippen molar-refractivity contribution < 1.29 is 9.13 Å². The highest BCUT2D eigenvalue weighted by atomic mass is 19.1. The SMILES string of the molecule is CC(C)COc1ccc(/C=C(/C#N)c2cccc(F)c2)cc1. The van der Waals surface area contributed by atoms with Crippen molar-refractivity contribution in [3.8, 4) is 11.8 Å². The van der Waals surface area contributed by atoms with E-state index in [1.165, 1.54) is 12.1 Å². The molecule has 2 nitrogen and oxygen atoms in total. The van der Waals surface area contributed by atoms with Gasteiger partial charge in [-0.05, 0) is 47.4 Å². The van der Waals surface area contributed by atoms with Crippen molar-refractivity contribution in [2.45, 2.75) is 13.8 Å². The maximum atomic E-state index is 13.3. The van der Waals surface area contributed by atoms with E-state index in [1.807, 2.05) is 24.3 Å². The van der Waals surface area contributed by atoms with Crippen molar-refractivity contribution in [3.05, 3.63) is 65.5 Å². The Morgan fingerprint density at radius 1 is 1.23 bits per heavy atom. The summed E-state index contributed by atoms with van der Waals surface area (Å²) in [4.78, 5) is 0. The first kappa shape index (κ1) is 15.8. The summed E-state index contributed by atoms with van der Waals surface area (Å²) in [5.41, 5.74) is 1.87. The average molecular weight is 295 g/mol. The topological polar surface area (TPSA) is 33.0 Å². The van der Waals surface area contributed by atoms with Crippen molar-refractivity contribution in [1.29, 1.82) is 5.26 Å². The average Bonchev–Trinajstić information content (AvgIpc) is 2.51. The zero-order valence-electron chi connectivity index (χ0n) is 12.7. The summed E-state index contributed by atoms with van der Waals surface area (Å²) in [6, 6.07) is 15.6. The summed E-state index contributed by atoms with van der Waals surface area (Å²) in [6.07, 6.45) is 1.74. The number of rotatable bonds is 5. The molecule has 0 aromatic heterocycles. The molecule has 0 amide bonds. The van der Waals surface area contributed by atoms with Crippen molar-refractivity contribution >= 4 is 11.6 Å². The lowest BCUT2D eigenvalue weighted by Crippen LogP contribution is -2.04. The van der Waals surface area contributed by atoms with Gasteiger partial charge in [0.2, 0.25) is 0 Å². The lowest BCUT2D eigenvalue weighted by Gasteiger charge is -2.08. The third kappa shape index (κ3) is 4.46. The second kappa shape index (κ2) is 7.42. The maximum Gasteiger partial charge on any atom is 0.123 e. The lowest BCUT2D eigenvalue weighted by molar-refractivity contribution is 0.271. The van der Waals surface area contributed by atoms with Gasteiger partial charge in [0, 0.05) is 0 Å². The van der Waals surface area contributed by atoms with E-state index in [-0.39, 0.29) is 5.82 Å². The summed E-state index contributed by atoms with van der Waals surface area (Å²) in [5, 5.41) is 9.27. The summed E-state index contributed by atoms with van der Waals surface area (Å²) in [7, 11) is 0. The van der Waals surface area contributed by atoms with Crippen LogP contribution in [0.25, 0.3) is 11.6 Å². The van der Waals surface area contributed by atoms with Crippen LogP contribution in [0.1, 0.15) is 25.0 Å². The van der Waals surface area contributed by atoms with E-state index in [4.69, 9.17) is 4.74 Å². The number of nitriles is 1. The van der Waals surface area contributed by atoms with E-state index < -0.39 is 0 Å². The summed E-state index contributed by atoms with van der Waals surface area (Å²) < 4.78 is 18.9. The first-order valence-electron chi connectivity index (χ1n) is 7.19. The van der Waals surface area contributed by atoms with Gasteiger partial charge in [-0.1, -0.05) is 38.1 Å². The van der Waals surface area contributed by atoms with Crippen molar-refractivity contribution in [1.82, 2.24) is 0 Å². The lowest BCUT2D eigenvalue weighted by atomic mass is 10.0. The molecule has 112 valence electrons. The maximum absolute atomic E-state index is 13.3. The molecule has 0 heterocycles. The van der Waals surface area contributed by atoms with Gasteiger partial charge in [-0.25, -0.2) is 4.39 Å². The molecular weight excluding hydrogens is 277 g/mol. The molecule has 2 aromatic rings. The number of halogens is 1. The van der Waals surface area contributed by atoms with Gasteiger partial charge in [-0.3, -0.25) is 0 Å². The van der Waals surface area contributed by atoms with Crippen LogP contribution in [0.3, 0.4) is 0 Å². The van der Waals surface area contributed by atoms with Crippen LogP contribution in [0.15, 0.2) is 48.5 Å². The molecule has 3 heteroatoms. The molecule has 2 aromatic carbocycles. The molecule has 2 rings (SSSR count). The zero-order chi connectivity index (χ0) is 15.9. The van der Waals surface area contributed by atoms with Gasteiger partial charge in [-0.15, -0.1) is 0 Å². The summed E-state index contributed by atoms with van der Waals surface area (Å²) >= 11 is 0. The largest absolute Gasteiger partial charge is 0.493 e. The predicted molar refractivity (Wildman–Crippen MR) is 86.7 cm³/mol. The van der Waals surface area contributed by atoms with E-state index >= 15 is 0 Å². The third-order valence-electron chi connectivity index (χ3n) is 3.03. The summed E-state index contributed by atoms with van der Waals surface area (Å²) in [6.45, 7) is 4.85. The van der Waals surface area contributed by atoms with Crippen LogP contribution in [0.2, 0.25) is 0 Å². The minimum atomic E-state index is -0.351. The molecular formula is C19H18FNO. The van der Waals surface area contributed by atoms with Gasteiger partial charge in [0.15, 0.2) is 0 Å². The molecule has 0 aliphatic rings. The molecule has 0 spiro atoms. The van der Waals surface area contributed by atoms with Crippen LogP contribution in [0.4, 0.5) is 4.39 Å². The minimum Gasteiger partial charge on any atom is -0.493 e. The van der Waals surface area contributed by atoms with Crippen LogP contribution in [0, 0.1) is 23.1 Å². The van der Waals surface area contributed by atoms with Gasteiger partial charge in [-0.2, -0.15) is 5.26 Å². The molecule has 0 aliphatic carbocycles. The molecule has 0 atom stereocenters. The summed E-state index contributed by atoms with van der Waals surface area (Å²) in [5.74, 6) is 0.920. The second-order valence-electron chi connectivity index (χ2n) is 5.45. The minimum absolute atomic E-state index is 0.351. The first-order chi connectivity index (χ1) is 10.6. The number of ether oxygens (including phenoxy) is 1. The van der Waals surface area contributed by atoms with Crippen LogP contribution in [-0.2, 0) is 0 Å². The van der Waals surface area contributed by atoms with Crippen molar-refractivity contribution in [2.75, 3.05) is 6.61 Å². The quantitative estimate of drug-likeness (QED) is 0.579. The Morgan fingerprint density at radius 2 is 1.95 bits per heavy atom. The van der Waals surface area contributed by atoms with E-state index in [1.54, 1.807) is 18.2 Å². The van der Waals surface area contributed by atoms with Gasteiger partial charge in [0.05, 0.1) is 18.2 Å². The standard InChI is InChI=1S/C19H18FNO/c1-14(2)13-22-19-8-6-15(7-9-19)10-17(12-21)16-4-3-5-18(20)11-16/h3-11,14H,13H2,1-2H3/b17-10-. The van der Waals surface area contributed by atoms with E-state index in [2.05, 4.69) is 19.9 Å². The highest BCUT2D eigenvalue weighted by molar-refractivity contribution is 5.89.